The van der Waals surface area contributed by atoms with Crippen molar-refractivity contribution in [1.82, 2.24) is 25.1 Å². The van der Waals surface area contributed by atoms with Crippen LogP contribution in [0.3, 0.4) is 0 Å². The molecule has 0 aromatic carbocycles. The van der Waals surface area contributed by atoms with Crippen molar-refractivity contribution >= 4 is 16.8 Å². The lowest BCUT2D eigenvalue weighted by Crippen LogP contribution is -2.24. The van der Waals surface area contributed by atoms with Crippen LogP contribution in [-0.4, -0.2) is 44.7 Å². The van der Waals surface area contributed by atoms with Gasteiger partial charge in [-0.15, -0.1) is 0 Å². The highest BCUT2D eigenvalue weighted by Crippen LogP contribution is 2.21. The van der Waals surface area contributed by atoms with Gasteiger partial charge in [-0.2, -0.15) is 5.10 Å². The van der Waals surface area contributed by atoms with Crippen LogP contribution in [0.4, 0.5) is 8.78 Å². The molecule has 0 aliphatic carbocycles. The molecule has 0 spiro atoms. The minimum Gasteiger partial charge on any atom is -0.485 e. The molecule has 0 bridgehead atoms. The third-order valence-electron chi connectivity index (χ3n) is 4.19. The van der Waals surface area contributed by atoms with E-state index in [1.807, 2.05) is 13.1 Å². The van der Waals surface area contributed by atoms with Gasteiger partial charge < -0.3 is 10.1 Å². The number of hydrogen-bond donors (Lipinski definition) is 1. The van der Waals surface area contributed by atoms with E-state index in [2.05, 4.69) is 20.4 Å². The highest BCUT2D eigenvalue weighted by molar-refractivity contribution is 5.86. The first-order valence-corrected chi connectivity index (χ1v) is 9.29. The number of rotatable bonds is 8. The maximum absolute atomic E-state index is 13.0. The van der Waals surface area contributed by atoms with Crippen molar-refractivity contribution in [2.24, 2.45) is 0 Å². The number of fused-ring (bicyclic) bond motifs is 1. The van der Waals surface area contributed by atoms with Gasteiger partial charge in [0, 0.05) is 31.2 Å². The molecular formula is C20H23F2N5O2. The summed E-state index contributed by atoms with van der Waals surface area (Å²) < 4.78 is 32.8. The number of likely N-dealkylation sites (N-methyl/N-ethyl adjacent to an activating group) is 1. The van der Waals surface area contributed by atoms with Crippen LogP contribution >= 0.6 is 0 Å². The quantitative estimate of drug-likeness (QED) is 0.625. The molecule has 0 aliphatic heterocycles. The molecule has 3 rings (SSSR count). The minimum atomic E-state index is -2.90. The van der Waals surface area contributed by atoms with E-state index in [9.17, 15) is 13.6 Å². The standard InChI is InChI=1S/C20H23F2N5O2/c1-4-23-19(28)8-17-15-11-27(26-16(15)5-6-24-17)10-14-7-13(2)18(9-25-14)29-12-20(3,21)22/h5-7,9,11H,4,8,10,12H2,1-3H3,(H,23,28). The van der Waals surface area contributed by atoms with E-state index in [4.69, 9.17) is 4.74 Å². The molecule has 29 heavy (non-hydrogen) atoms. The molecular weight excluding hydrogens is 380 g/mol. The van der Waals surface area contributed by atoms with Gasteiger partial charge in [-0.3, -0.25) is 19.4 Å². The molecule has 9 heteroatoms. The Balaban J connectivity index is 1.76. The van der Waals surface area contributed by atoms with E-state index < -0.39 is 12.5 Å². The van der Waals surface area contributed by atoms with Crippen LogP contribution in [0.2, 0.25) is 0 Å². The van der Waals surface area contributed by atoms with E-state index in [1.54, 1.807) is 29.9 Å². The summed E-state index contributed by atoms with van der Waals surface area (Å²) in [6, 6.07) is 3.57. The second-order valence-corrected chi connectivity index (χ2v) is 6.95. The van der Waals surface area contributed by atoms with E-state index in [-0.39, 0.29) is 12.3 Å². The van der Waals surface area contributed by atoms with Crippen molar-refractivity contribution in [3.05, 3.63) is 47.7 Å². The Morgan fingerprint density at radius 3 is 2.83 bits per heavy atom. The van der Waals surface area contributed by atoms with Crippen molar-refractivity contribution in [2.75, 3.05) is 13.2 Å². The molecule has 0 fully saturated rings. The van der Waals surface area contributed by atoms with Crippen LogP contribution in [0.15, 0.2) is 30.7 Å². The number of amides is 1. The monoisotopic (exact) mass is 403 g/mol. The summed E-state index contributed by atoms with van der Waals surface area (Å²) in [6.45, 7) is 4.71. The van der Waals surface area contributed by atoms with Gasteiger partial charge in [-0.05, 0) is 31.5 Å². The number of alkyl halides is 2. The maximum atomic E-state index is 13.0. The van der Waals surface area contributed by atoms with Gasteiger partial charge in [-0.25, -0.2) is 8.78 Å². The third kappa shape index (κ3) is 5.46. The van der Waals surface area contributed by atoms with Crippen molar-refractivity contribution in [1.29, 1.82) is 0 Å². The molecule has 154 valence electrons. The predicted octanol–water partition coefficient (Wildman–Crippen LogP) is 2.90. The van der Waals surface area contributed by atoms with Gasteiger partial charge in [0.15, 0.2) is 6.61 Å². The van der Waals surface area contributed by atoms with E-state index in [0.29, 0.717) is 30.2 Å². The Kier molecular flexibility index (Phi) is 6.05. The highest BCUT2D eigenvalue weighted by atomic mass is 19.3. The molecule has 0 atom stereocenters. The smallest absolute Gasteiger partial charge is 0.278 e. The second kappa shape index (κ2) is 8.50. The fourth-order valence-corrected chi connectivity index (χ4v) is 2.89. The van der Waals surface area contributed by atoms with Crippen LogP contribution in [0.1, 0.15) is 30.8 Å². The average molecular weight is 403 g/mol. The molecule has 0 aliphatic rings. The first kappa shape index (κ1) is 20.6. The molecule has 3 aromatic rings. The van der Waals surface area contributed by atoms with Crippen molar-refractivity contribution in [2.45, 2.75) is 39.7 Å². The van der Waals surface area contributed by atoms with Crippen LogP contribution in [0.25, 0.3) is 10.9 Å². The Hall–Kier alpha value is -3.10. The first-order valence-electron chi connectivity index (χ1n) is 9.29. The minimum absolute atomic E-state index is 0.0919. The van der Waals surface area contributed by atoms with Gasteiger partial charge in [0.2, 0.25) is 5.91 Å². The number of carbonyl (C=O) groups excluding carboxylic acids is 1. The highest BCUT2D eigenvalue weighted by Gasteiger charge is 2.22. The fourth-order valence-electron chi connectivity index (χ4n) is 2.89. The number of pyridine rings is 2. The van der Waals surface area contributed by atoms with Crippen molar-refractivity contribution in [3.8, 4) is 5.75 Å². The fraction of sp³-hybridized carbons (Fsp3) is 0.400. The zero-order chi connectivity index (χ0) is 21.0. The van der Waals surface area contributed by atoms with E-state index in [0.717, 1.165) is 23.4 Å². The Morgan fingerprint density at radius 2 is 2.14 bits per heavy atom. The van der Waals surface area contributed by atoms with Gasteiger partial charge >= 0.3 is 0 Å². The number of carbonyl (C=O) groups is 1. The third-order valence-corrected chi connectivity index (χ3v) is 4.19. The lowest BCUT2D eigenvalue weighted by Gasteiger charge is -2.14. The zero-order valence-corrected chi connectivity index (χ0v) is 16.6. The molecule has 0 unspecified atom stereocenters. The average Bonchev–Trinajstić information content (AvgIpc) is 3.04. The van der Waals surface area contributed by atoms with Crippen LogP contribution in [0, 0.1) is 6.92 Å². The molecule has 7 nitrogen and oxygen atoms in total. The van der Waals surface area contributed by atoms with E-state index >= 15 is 0 Å². The molecule has 3 heterocycles. The largest absolute Gasteiger partial charge is 0.485 e. The number of nitrogens with one attached hydrogen (secondary N) is 1. The van der Waals surface area contributed by atoms with Gasteiger partial charge in [0.25, 0.3) is 5.92 Å². The summed E-state index contributed by atoms with van der Waals surface area (Å²) in [4.78, 5) is 20.5. The number of ether oxygens (including phenoxy) is 1. The Bertz CT molecular complexity index is 1010. The van der Waals surface area contributed by atoms with Crippen LogP contribution in [0.5, 0.6) is 5.75 Å². The lowest BCUT2D eigenvalue weighted by molar-refractivity contribution is -0.120. The predicted molar refractivity (Wildman–Crippen MR) is 104 cm³/mol. The van der Waals surface area contributed by atoms with Crippen molar-refractivity contribution in [3.63, 3.8) is 0 Å². The number of halogens is 2. The number of hydrogen-bond acceptors (Lipinski definition) is 5. The van der Waals surface area contributed by atoms with Gasteiger partial charge in [0.1, 0.15) is 5.75 Å². The van der Waals surface area contributed by atoms with Gasteiger partial charge in [-0.1, -0.05) is 0 Å². The number of aryl methyl sites for hydroxylation is 1. The SMILES string of the molecule is CCNC(=O)Cc1nccc2nn(Cc3cc(C)c(OCC(C)(F)F)cn3)cc12. The molecule has 0 saturated carbocycles. The zero-order valence-electron chi connectivity index (χ0n) is 16.6. The summed E-state index contributed by atoms with van der Waals surface area (Å²) in [5.74, 6) is -2.67. The first-order chi connectivity index (χ1) is 13.7. The Labute approximate surface area is 167 Å². The molecule has 3 aromatic heterocycles. The maximum Gasteiger partial charge on any atom is 0.278 e. The van der Waals surface area contributed by atoms with Crippen LogP contribution < -0.4 is 10.1 Å². The summed E-state index contributed by atoms with van der Waals surface area (Å²) in [6.07, 6.45) is 5.09. The second-order valence-electron chi connectivity index (χ2n) is 6.95. The summed E-state index contributed by atoms with van der Waals surface area (Å²) in [7, 11) is 0. The number of nitrogens with zero attached hydrogens (tertiary/aromatic N) is 4. The molecule has 0 saturated heterocycles. The summed E-state index contributed by atoms with van der Waals surface area (Å²) in [5.41, 5.74) is 2.83. The molecule has 0 radical (unpaired) electrons. The normalized spacial score (nSPS) is 11.6. The van der Waals surface area contributed by atoms with E-state index in [1.165, 1.54) is 6.20 Å². The molecule has 1 N–H and O–H groups in total. The summed E-state index contributed by atoms with van der Waals surface area (Å²) >= 11 is 0. The van der Waals surface area contributed by atoms with Crippen molar-refractivity contribution < 1.29 is 18.3 Å². The number of aromatic nitrogens is 4. The lowest BCUT2D eigenvalue weighted by atomic mass is 10.2. The summed E-state index contributed by atoms with van der Waals surface area (Å²) in [5, 5.41) is 8.08. The molecule has 1 amide bonds. The Morgan fingerprint density at radius 1 is 1.34 bits per heavy atom. The van der Waals surface area contributed by atoms with Crippen LogP contribution in [-0.2, 0) is 17.8 Å². The van der Waals surface area contributed by atoms with Gasteiger partial charge in [0.05, 0.1) is 36.1 Å². The topological polar surface area (TPSA) is 81.9 Å².